The number of anilines is 1. The fourth-order valence-electron chi connectivity index (χ4n) is 2.35. The van der Waals surface area contributed by atoms with E-state index in [2.05, 4.69) is 28.2 Å². The maximum Gasteiger partial charge on any atom is 0.251 e. The van der Waals surface area contributed by atoms with Gasteiger partial charge in [-0.25, -0.2) is 0 Å². The number of hydrogen-bond donors (Lipinski definition) is 2. The van der Waals surface area contributed by atoms with E-state index >= 15 is 0 Å². The molecular weight excluding hydrogens is 280 g/mol. The smallest absolute Gasteiger partial charge is 0.251 e. The van der Waals surface area contributed by atoms with Gasteiger partial charge in [0.25, 0.3) is 5.91 Å². The Balaban J connectivity index is 2.04. The lowest BCUT2D eigenvalue weighted by Gasteiger charge is -2.13. The third kappa shape index (κ3) is 3.22. The molecule has 3 N–H and O–H groups in total. The van der Waals surface area contributed by atoms with Crippen LogP contribution in [0, 0.1) is 5.92 Å². The van der Waals surface area contributed by atoms with Gasteiger partial charge >= 0.3 is 0 Å². The van der Waals surface area contributed by atoms with Crippen molar-refractivity contribution in [3.8, 4) is 0 Å². The molecule has 3 nitrogen and oxygen atoms in total. The van der Waals surface area contributed by atoms with E-state index in [1.807, 2.05) is 0 Å². The van der Waals surface area contributed by atoms with Crippen LogP contribution in [-0.4, -0.2) is 11.9 Å². The molecular formula is C13H17BrN2O. The topological polar surface area (TPSA) is 55.1 Å². The molecule has 1 fully saturated rings. The van der Waals surface area contributed by atoms with Gasteiger partial charge in [0.2, 0.25) is 0 Å². The molecule has 2 rings (SSSR count). The van der Waals surface area contributed by atoms with Gasteiger partial charge in [0, 0.05) is 21.8 Å². The van der Waals surface area contributed by atoms with Crippen molar-refractivity contribution in [2.75, 3.05) is 5.73 Å². The highest BCUT2D eigenvalue weighted by molar-refractivity contribution is 9.10. The summed E-state index contributed by atoms with van der Waals surface area (Å²) in [6, 6.07) is 5.61. The molecule has 1 aliphatic carbocycles. The SMILES string of the molecule is CC1CCC(NC(=O)c2cc(N)cc(Br)c2)C1. The molecule has 0 bridgehead atoms. The van der Waals surface area contributed by atoms with Crippen molar-refractivity contribution < 1.29 is 4.79 Å². The maximum atomic E-state index is 12.0. The highest BCUT2D eigenvalue weighted by Crippen LogP contribution is 2.25. The molecule has 2 unspecified atom stereocenters. The normalized spacial score (nSPS) is 23.6. The van der Waals surface area contributed by atoms with E-state index in [1.165, 1.54) is 6.42 Å². The lowest BCUT2D eigenvalue weighted by Crippen LogP contribution is -2.32. The first kappa shape index (κ1) is 12.4. The second-order valence-electron chi connectivity index (χ2n) is 4.86. The zero-order valence-electron chi connectivity index (χ0n) is 9.87. The number of nitrogens with two attached hydrogens (primary N) is 1. The van der Waals surface area contributed by atoms with Gasteiger partial charge in [-0.1, -0.05) is 22.9 Å². The predicted octanol–water partition coefficient (Wildman–Crippen LogP) is 2.95. The van der Waals surface area contributed by atoms with Crippen molar-refractivity contribution in [1.29, 1.82) is 0 Å². The summed E-state index contributed by atoms with van der Waals surface area (Å²) in [6.07, 6.45) is 3.36. The average molecular weight is 297 g/mol. The van der Waals surface area contributed by atoms with Gasteiger partial charge in [0.05, 0.1) is 0 Å². The van der Waals surface area contributed by atoms with Crippen LogP contribution in [0.5, 0.6) is 0 Å². The van der Waals surface area contributed by atoms with Crippen LogP contribution in [-0.2, 0) is 0 Å². The molecule has 1 aromatic carbocycles. The minimum Gasteiger partial charge on any atom is -0.399 e. The molecule has 0 aliphatic heterocycles. The molecule has 0 aromatic heterocycles. The van der Waals surface area contributed by atoms with Crippen molar-refractivity contribution in [2.45, 2.75) is 32.2 Å². The van der Waals surface area contributed by atoms with E-state index in [0.717, 1.165) is 17.3 Å². The van der Waals surface area contributed by atoms with Gasteiger partial charge < -0.3 is 11.1 Å². The van der Waals surface area contributed by atoms with E-state index in [1.54, 1.807) is 18.2 Å². The maximum absolute atomic E-state index is 12.0. The Labute approximate surface area is 110 Å². The first-order valence-corrected chi connectivity index (χ1v) is 6.71. The van der Waals surface area contributed by atoms with Crippen LogP contribution in [0.3, 0.4) is 0 Å². The van der Waals surface area contributed by atoms with Crippen molar-refractivity contribution in [2.24, 2.45) is 5.92 Å². The molecule has 1 aliphatic rings. The molecule has 1 saturated carbocycles. The number of halogens is 1. The highest BCUT2D eigenvalue weighted by Gasteiger charge is 2.23. The van der Waals surface area contributed by atoms with E-state index < -0.39 is 0 Å². The summed E-state index contributed by atoms with van der Waals surface area (Å²) in [5.41, 5.74) is 6.94. The number of hydrogen-bond acceptors (Lipinski definition) is 2. The van der Waals surface area contributed by atoms with Gasteiger partial charge in [0.15, 0.2) is 0 Å². The largest absolute Gasteiger partial charge is 0.399 e. The Morgan fingerprint density at radius 1 is 1.41 bits per heavy atom. The minimum atomic E-state index is -0.0305. The van der Waals surface area contributed by atoms with Crippen LogP contribution in [0.2, 0.25) is 0 Å². The predicted molar refractivity (Wildman–Crippen MR) is 72.8 cm³/mol. The second-order valence-corrected chi connectivity index (χ2v) is 5.78. The summed E-state index contributed by atoms with van der Waals surface area (Å²) in [5, 5.41) is 3.06. The Morgan fingerprint density at radius 3 is 2.76 bits per heavy atom. The van der Waals surface area contributed by atoms with Crippen LogP contribution in [0.4, 0.5) is 5.69 Å². The van der Waals surface area contributed by atoms with Crippen molar-refractivity contribution in [1.82, 2.24) is 5.32 Å². The fraction of sp³-hybridized carbons (Fsp3) is 0.462. The molecule has 0 spiro atoms. The third-order valence-corrected chi connectivity index (χ3v) is 3.67. The summed E-state index contributed by atoms with van der Waals surface area (Å²) in [7, 11) is 0. The van der Waals surface area contributed by atoms with Crippen molar-refractivity contribution in [3.63, 3.8) is 0 Å². The van der Waals surface area contributed by atoms with E-state index in [4.69, 9.17) is 5.73 Å². The van der Waals surface area contributed by atoms with Crippen LogP contribution in [0.25, 0.3) is 0 Å². The van der Waals surface area contributed by atoms with Crippen molar-refractivity contribution >= 4 is 27.5 Å². The number of nitrogens with one attached hydrogen (secondary N) is 1. The number of amides is 1. The number of carbonyl (C=O) groups excluding carboxylic acids is 1. The van der Waals surface area contributed by atoms with Crippen molar-refractivity contribution in [3.05, 3.63) is 28.2 Å². The standard InChI is InChI=1S/C13H17BrN2O/c1-8-2-3-12(4-8)16-13(17)9-5-10(14)7-11(15)6-9/h5-8,12H,2-4,15H2,1H3,(H,16,17). The molecule has 0 heterocycles. The number of rotatable bonds is 2. The Morgan fingerprint density at radius 2 is 2.18 bits per heavy atom. The first-order chi connectivity index (χ1) is 8.04. The van der Waals surface area contributed by atoms with Gasteiger partial charge in [-0.15, -0.1) is 0 Å². The van der Waals surface area contributed by atoms with Gasteiger partial charge in [-0.05, 0) is 43.4 Å². The Bertz CT molecular complexity index is 413. The number of nitrogen functional groups attached to an aromatic ring is 1. The van der Waals surface area contributed by atoms with E-state index in [0.29, 0.717) is 23.2 Å². The Kier molecular flexibility index (Phi) is 3.72. The third-order valence-electron chi connectivity index (χ3n) is 3.21. The molecule has 17 heavy (non-hydrogen) atoms. The van der Waals surface area contributed by atoms with E-state index in [9.17, 15) is 4.79 Å². The van der Waals surface area contributed by atoms with Crippen LogP contribution >= 0.6 is 15.9 Å². The molecule has 92 valence electrons. The second kappa shape index (κ2) is 5.08. The van der Waals surface area contributed by atoms with Gasteiger partial charge in [0.1, 0.15) is 0 Å². The van der Waals surface area contributed by atoms with Crippen LogP contribution in [0.15, 0.2) is 22.7 Å². The highest BCUT2D eigenvalue weighted by atomic mass is 79.9. The quantitative estimate of drug-likeness (QED) is 0.825. The summed E-state index contributed by atoms with van der Waals surface area (Å²) < 4.78 is 0.836. The lowest BCUT2D eigenvalue weighted by molar-refractivity contribution is 0.0937. The molecule has 2 atom stereocenters. The molecule has 4 heteroatoms. The van der Waals surface area contributed by atoms with Crippen LogP contribution in [0.1, 0.15) is 36.5 Å². The van der Waals surface area contributed by atoms with E-state index in [-0.39, 0.29) is 5.91 Å². The monoisotopic (exact) mass is 296 g/mol. The zero-order valence-corrected chi connectivity index (χ0v) is 11.5. The van der Waals surface area contributed by atoms with Gasteiger partial charge in [-0.2, -0.15) is 0 Å². The zero-order chi connectivity index (χ0) is 12.4. The summed E-state index contributed by atoms with van der Waals surface area (Å²) in [6.45, 7) is 2.23. The average Bonchev–Trinajstić information content (AvgIpc) is 2.62. The molecule has 1 aromatic rings. The summed E-state index contributed by atoms with van der Waals surface area (Å²) >= 11 is 3.34. The molecule has 1 amide bonds. The van der Waals surface area contributed by atoms with Gasteiger partial charge in [-0.3, -0.25) is 4.79 Å². The minimum absolute atomic E-state index is 0.0305. The van der Waals surface area contributed by atoms with Crippen LogP contribution < -0.4 is 11.1 Å². The number of benzene rings is 1. The first-order valence-electron chi connectivity index (χ1n) is 5.91. The fourth-order valence-corrected chi connectivity index (χ4v) is 2.86. The lowest BCUT2D eigenvalue weighted by atomic mass is 10.1. The summed E-state index contributed by atoms with van der Waals surface area (Å²) in [5.74, 6) is 0.685. The molecule has 0 saturated heterocycles. The summed E-state index contributed by atoms with van der Waals surface area (Å²) in [4.78, 5) is 12.0. The number of carbonyl (C=O) groups is 1. The Hall–Kier alpha value is -1.03. The molecule has 0 radical (unpaired) electrons.